The summed E-state index contributed by atoms with van der Waals surface area (Å²) in [5.74, 6) is -0.189. The van der Waals surface area contributed by atoms with E-state index in [2.05, 4.69) is 33.0 Å². The van der Waals surface area contributed by atoms with E-state index in [1.807, 2.05) is 19.1 Å². The van der Waals surface area contributed by atoms with E-state index in [9.17, 15) is 4.39 Å². The van der Waals surface area contributed by atoms with Crippen molar-refractivity contribution >= 4 is 0 Å². The third kappa shape index (κ3) is 5.22. The van der Waals surface area contributed by atoms with Crippen molar-refractivity contribution in [1.82, 2.24) is 5.32 Å². The Morgan fingerprint density at radius 3 is 2.20 bits per heavy atom. The van der Waals surface area contributed by atoms with Gasteiger partial charge in [0.15, 0.2) is 0 Å². The predicted molar refractivity (Wildman–Crippen MR) is 82.4 cm³/mol. The highest BCUT2D eigenvalue weighted by Crippen LogP contribution is 2.26. The molecule has 0 bridgehead atoms. The highest BCUT2D eigenvalue weighted by atomic mass is 19.1. The van der Waals surface area contributed by atoms with Gasteiger partial charge in [0.05, 0.1) is 6.10 Å². The molecule has 0 aliphatic heterocycles. The van der Waals surface area contributed by atoms with Crippen LogP contribution in [-0.4, -0.2) is 25.3 Å². The van der Waals surface area contributed by atoms with Crippen LogP contribution in [-0.2, 0) is 11.2 Å². The molecule has 114 valence electrons. The standard InChI is InChI=1S/C17H28FNO/c1-6-19-15(16(20-7-2)17(3,4)5)12-13-8-10-14(18)11-9-13/h8-11,15-16,19H,6-7,12H2,1-5H3. The van der Waals surface area contributed by atoms with Crippen LogP contribution in [0, 0.1) is 11.2 Å². The van der Waals surface area contributed by atoms with Gasteiger partial charge in [-0.05, 0) is 43.0 Å². The Labute approximate surface area is 122 Å². The van der Waals surface area contributed by atoms with E-state index in [-0.39, 0.29) is 23.4 Å². The van der Waals surface area contributed by atoms with Gasteiger partial charge in [0.1, 0.15) is 5.82 Å². The molecule has 2 atom stereocenters. The number of halogens is 1. The van der Waals surface area contributed by atoms with E-state index < -0.39 is 0 Å². The van der Waals surface area contributed by atoms with Crippen LogP contribution in [0.5, 0.6) is 0 Å². The predicted octanol–water partition coefficient (Wildman–Crippen LogP) is 3.80. The van der Waals surface area contributed by atoms with Gasteiger partial charge in [0, 0.05) is 12.6 Å². The lowest BCUT2D eigenvalue weighted by Gasteiger charge is -2.37. The van der Waals surface area contributed by atoms with Crippen molar-refractivity contribution in [2.24, 2.45) is 5.41 Å². The van der Waals surface area contributed by atoms with E-state index in [4.69, 9.17) is 4.74 Å². The summed E-state index contributed by atoms with van der Waals surface area (Å²) in [6, 6.07) is 6.97. The Hall–Kier alpha value is -0.930. The fourth-order valence-electron chi connectivity index (χ4n) is 2.57. The molecule has 20 heavy (non-hydrogen) atoms. The average Bonchev–Trinajstić information content (AvgIpc) is 2.37. The molecule has 1 rings (SSSR count). The zero-order valence-corrected chi connectivity index (χ0v) is 13.4. The maximum Gasteiger partial charge on any atom is 0.123 e. The third-order valence-electron chi connectivity index (χ3n) is 3.40. The van der Waals surface area contributed by atoms with Crippen LogP contribution in [0.25, 0.3) is 0 Å². The molecule has 0 aromatic heterocycles. The van der Waals surface area contributed by atoms with Crippen LogP contribution in [0.1, 0.15) is 40.2 Å². The van der Waals surface area contributed by atoms with Gasteiger partial charge in [-0.3, -0.25) is 0 Å². The van der Waals surface area contributed by atoms with E-state index in [1.54, 1.807) is 0 Å². The molecular formula is C17H28FNO. The normalized spacial score (nSPS) is 15.1. The number of hydrogen-bond acceptors (Lipinski definition) is 2. The zero-order chi connectivity index (χ0) is 15.2. The first-order chi connectivity index (χ1) is 9.38. The molecular weight excluding hydrogens is 253 g/mol. The molecule has 0 saturated heterocycles. The molecule has 1 aromatic carbocycles. The van der Waals surface area contributed by atoms with Crippen molar-refractivity contribution in [2.75, 3.05) is 13.2 Å². The summed E-state index contributed by atoms with van der Waals surface area (Å²) < 4.78 is 19.0. The lowest BCUT2D eigenvalue weighted by Crippen LogP contribution is -2.49. The van der Waals surface area contributed by atoms with Crippen LogP contribution in [0.4, 0.5) is 4.39 Å². The van der Waals surface area contributed by atoms with E-state index in [0.717, 1.165) is 18.5 Å². The van der Waals surface area contributed by atoms with Crippen LogP contribution < -0.4 is 5.32 Å². The molecule has 0 fully saturated rings. The highest BCUT2D eigenvalue weighted by molar-refractivity contribution is 5.17. The van der Waals surface area contributed by atoms with Gasteiger partial charge in [-0.25, -0.2) is 4.39 Å². The number of hydrogen-bond donors (Lipinski definition) is 1. The Morgan fingerprint density at radius 1 is 1.15 bits per heavy atom. The molecule has 0 heterocycles. The van der Waals surface area contributed by atoms with Crippen LogP contribution in [0.15, 0.2) is 24.3 Å². The number of nitrogens with one attached hydrogen (secondary N) is 1. The average molecular weight is 281 g/mol. The maximum atomic E-state index is 13.0. The van der Waals surface area contributed by atoms with Crippen molar-refractivity contribution < 1.29 is 9.13 Å². The van der Waals surface area contributed by atoms with Crippen LogP contribution in [0.2, 0.25) is 0 Å². The summed E-state index contributed by atoms with van der Waals surface area (Å²) >= 11 is 0. The molecule has 1 N–H and O–H groups in total. The Kier molecular flexibility index (Phi) is 6.63. The van der Waals surface area contributed by atoms with Crippen molar-refractivity contribution in [2.45, 2.75) is 53.2 Å². The van der Waals surface area contributed by atoms with Gasteiger partial charge < -0.3 is 10.1 Å². The SMILES string of the molecule is CCNC(Cc1ccc(F)cc1)C(OCC)C(C)(C)C. The van der Waals surface area contributed by atoms with E-state index in [1.165, 1.54) is 12.1 Å². The smallest absolute Gasteiger partial charge is 0.123 e. The zero-order valence-electron chi connectivity index (χ0n) is 13.4. The van der Waals surface area contributed by atoms with Gasteiger partial charge in [0.2, 0.25) is 0 Å². The van der Waals surface area contributed by atoms with Gasteiger partial charge in [-0.15, -0.1) is 0 Å². The molecule has 1 aromatic rings. The van der Waals surface area contributed by atoms with Crippen LogP contribution >= 0.6 is 0 Å². The first-order valence-electron chi connectivity index (χ1n) is 7.47. The molecule has 0 spiro atoms. The molecule has 3 heteroatoms. The monoisotopic (exact) mass is 281 g/mol. The molecule has 0 saturated carbocycles. The quantitative estimate of drug-likeness (QED) is 0.821. The first-order valence-corrected chi connectivity index (χ1v) is 7.47. The summed E-state index contributed by atoms with van der Waals surface area (Å²) in [4.78, 5) is 0. The summed E-state index contributed by atoms with van der Waals surface area (Å²) in [5, 5.41) is 3.52. The minimum atomic E-state index is -0.189. The molecule has 0 amide bonds. The molecule has 2 unspecified atom stereocenters. The van der Waals surface area contributed by atoms with Crippen LogP contribution in [0.3, 0.4) is 0 Å². The summed E-state index contributed by atoms with van der Waals surface area (Å²) in [5.41, 5.74) is 1.19. The Bertz CT molecular complexity index is 383. The van der Waals surface area contributed by atoms with Crippen molar-refractivity contribution in [1.29, 1.82) is 0 Å². The number of benzene rings is 1. The largest absolute Gasteiger partial charge is 0.376 e. The second kappa shape index (κ2) is 7.75. The van der Waals surface area contributed by atoms with Crippen molar-refractivity contribution in [3.63, 3.8) is 0 Å². The lowest BCUT2D eigenvalue weighted by atomic mass is 9.82. The Balaban J connectivity index is 2.87. The topological polar surface area (TPSA) is 21.3 Å². The molecule has 0 aliphatic rings. The van der Waals surface area contributed by atoms with Gasteiger partial charge >= 0.3 is 0 Å². The molecule has 0 aliphatic carbocycles. The Morgan fingerprint density at radius 2 is 1.75 bits per heavy atom. The summed E-state index contributed by atoms with van der Waals surface area (Å²) in [6.07, 6.45) is 0.966. The fourth-order valence-corrected chi connectivity index (χ4v) is 2.57. The maximum absolute atomic E-state index is 13.0. The lowest BCUT2D eigenvalue weighted by molar-refractivity contribution is -0.0352. The number of rotatable bonds is 7. The van der Waals surface area contributed by atoms with Gasteiger partial charge in [0.25, 0.3) is 0 Å². The van der Waals surface area contributed by atoms with E-state index in [0.29, 0.717) is 6.61 Å². The fraction of sp³-hybridized carbons (Fsp3) is 0.647. The number of ether oxygens (including phenoxy) is 1. The third-order valence-corrected chi connectivity index (χ3v) is 3.40. The van der Waals surface area contributed by atoms with Crippen molar-refractivity contribution in [3.05, 3.63) is 35.6 Å². The summed E-state index contributed by atoms with van der Waals surface area (Å²) in [7, 11) is 0. The molecule has 0 radical (unpaired) electrons. The van der Waals surface area contributed by atoms with E-state index >= 15 is 0 Å². The minimum absolute atomic E-state index is 0.0584. The highest BCUT2D eigenvalue weighted by Gasteiger charge is 2.32. The summed E-state index contributed by atoms with van der Waals surface area (Å²) in [6.45, 7) is 12.3. The minimum Gasteiger partial charge on any atom is -0.376 e. The van der Waals surface area contributed by atoms with Gasteiger partial charge in [-0.1, -0.05) is 39.8 Å². The number of likely N-dealkylation sites (N-methyl/N-ethyl adjacent to an activating group) is 1. The second-order valence-electron chi connectivity index (χ2n) is 6.24. The van der Waals surface area contributed by atoms with Gasteiger partial charge in [-0.2, -0.15) is 0 Å². The second-order valence-corrected chi connectivity index (χ2v) is 6.24. The van der Waals surface area contributed by atoms with Crippen molar-refractivity contribution in [3.8, 4) is 0 Å². The first kappa shape index (κ1) is 17.1. The molecule has 2 nitrogen and oxygen atoms in total.